The first-order valence-corrected chi connectivity index (χ1v) is 7.40. The molecule has 0 spiro atoms. The molecule has 0 amide bonds. The molecule has 0 aliphatic carbocycles. The van der Waals surface area contributed by atoms with Crippen molar-refractivity contribution in [2.45, 2.75) is 6.54 Å². The van der Waals surface area contributed by atoms with Gasteiger partial charge in [-0.05, 0) is 36.0 Å². The summed E-state index contributed by atoms with van der Waals surface area (Å²) in [6.45, 7) is 0.716. The van der Waals surface area contributed by atoms with Crippen molar-refractivity contribution in [1.29, 1.82) is 0 Å². The van der Waals surface area contributed by atoms with Crippen LogP contribution in [-0.2, 0) is 6.54 Å². The maximum absolute atomic E-state index is 5.44. The van der Waals surface area contributed by atoms with Crippen molar-refractivity contribution in [3.8, 4) is 5.75 Å². The first kappa shape index (κ1) is 13.4. The Bertz CT molecular complexity index is 822. The molecule has 0 aliphatic heterocycles. The van der Waals surface area contributed by atoms with Crippen LogP contribution in [0.3, 0.4) is 0 Å². The molecular weight excluding hydrogens is 336 g/mol. The number of benzene rings is 2. The van der Waals surface area contributed by atoms with E-state index >= 15 is 0 Å². The zero-order valence-corrected chi connectivity index (χ0v) is 13.3. The average Bonchev–Trinajstić information content (AvgIpc) is 2.77. The van der Waals surface area contributed by atoms with Crippen LogP contribution < -0.4 is 4.74 Å². The van der Waals surface area contributed by atoms with Crippen molar-refractivity contribution in [2.75, 3.05) is 7.11 Å². The Morgan fingerprint density at radius 2 is 2.00 bits per heavy atom. The number of halogens is 1. The third-order valence-corrected chi connectivity index (χ3v) is 4.37. The minimum absolute atomic E-state index is 0.695. The Kier molecular flexibility index (Phi) is 3.63. The molecule has 0 bridgehead atoms. The number of hydrogen-bond donors (Lipinski definition) is 1. The number of rotatable bonds is 3. The zero-order chi connectivity index (χ0) is 14.1. The fraction of sp³-hybridized carbons (Fsp3) is 0.133. The minimum Gasteiger partial charge on any atom is -0.494 e. The van der Waals surface area contributed by atoms with Gasteiger partial charge in [0, 0.05) is 4.47 Å². The van der Waals surface area contributed by atoms with Crippen LogP contribution in [0.15, 0.2) is 46.9 Å². The molecule has 20 heavy (non-hydrogen) atoms. The van der Waals surface area contributed by atoms with Crippen molar-refractivity contribution >= 4 is 39.2 Å². The summed E-state index contributed by atoms with van der Waals surface area (Å²) in [6, 6.07) is 14.1. The zero-order valence-electron chi connectivity index (χ0n) is 10.9. The van der Waals surface area contributed by atoms with Gasteiger partial charge < -0.3 is 14.3 Å². The van der Waals surface area contributed by atoms with E-state index in [0.29, 0.717) is 11.3 Å². The number of nitrogens with one attached hydrogen (secondary N) is 1. The Morgan fingerprint density at radius 1 is 1.20 bits per heavy atom. The number of imidazole rings is 1. The summed E-state index contributed by atoms with van der Waals surface area (Å²) >= 11 is 9.02. The number of nitrogens with zero attached hydrogens (tertiary/aromatic N) is 1. The molecule has 0 saturated carbocycles. The molecule has 1 N–H and O–H groups in total. The van der Waals surface area contributed by atoms with Crippen LogP contribution in [-0.4, -0.2) is 16.7 Å². The van der Waals surface area contributed by atoms with Crippen LogP contribution in [0.5, 0.6) is 5.75 Å². The second kappa shape index (κ2) is 5.42. The normalized spacial score (nSPS) is 10.9. The van der Waals surface area contributed by atoms with E-state index in [-0.39, 0.29) is 0 Å². The predicted octanol–water partition coefficient (Wildman–Crippen LogP) is 4.52. The molecule has 1 aromatic heterocycles. The summed E-state index contributed by atoms with van der Waals surface area (Å²) in [5.41, 5.74) is 3.17. The van der Waals surface area contributed by atoms with Crippen LogP contribution >= 0.6 is 28.1 Å². The molecule has 3 aromatic rings. The molecule has 0 atom stereocenters. The lowest BCUT2D eigenvalue weighted by Gasteiger charge is -2.07. The molecule has 0 radical (unpaired) electrons. The van der Waals surface area contributed by atoms with Gasteiger partial charge in [-0.2, -0.15) is 0 Å². The molecular formula is C15H13BrN2OS. The topological polar surface area (TPSA) is 29.9 Å². The fourth-order valence-electron chi connectivity index (χ4n) is 2.28. The third kappa shape index (κ3) is 2.27. The van der Waals surface area contributed by atoms with Gasteiger partial charge in [-0.15, -0.1) is 0 Å². The first-order chi connectivity index (χ1) is 9.70. The van der Waals surface area contributed by atoms with Crippen molar-refractivity contribution in [1.82, 2.24) is 9.55 Å². The van der Waals surface area contributed by atoms with E-state index in [1.807, 2.05) is 36.4 Å². The van der Waals surface area contributed by atoms with Gasteiger partial charge in [-0.3, -0.25) is 0 Å². The number of aromatic amines is 1. The maximum Gasteiger partial charge on any atom is 0.178 e. The molecule has 0 saturated heterocycles. The molecule has 102 valence electrons. The van der Waals surface area contributed by atoms with Crippen molar-refractivity contribution in [2.24, 2.45) is 0 Å². The summed E-state index contributed by atoms with van der Waals surface area (Å²) in [6.07, 6.45) is 0. The number of hydrogen-bond acceptors (Lipinski definition) is 2. The van der Waals surface area contributed by atoms with Crippen LogP contribution in [0.4, 0.5) is 0 Å². The van der Waals surface area contributed by atoms with Gasteiger partial charge in [0.25, 0.3) is 0 Å². The number of H-pyrrole nitrogens is 1. The summed E-state index contributed by atoms with van der Waals surface area (Å²) in [5, 5.41) is 0. The van der Waals surface area contributed by atoms with Crippen molar-refractivity contribution in [3.63, 3.8) is 0 Å². The first-order valence-electron chi connectivity index (χ1n) is 6.19. The minimum atomic E-state index is 0.695. The second-order valence-corrected chi connectivity index (χ2v) is 5.70. The third-order valence-electron chi connectivity index (χ3n) is 3.28. The van der Waals surface area contributed by atoms with Crippen LogP contribution in [0.25, 0.3) is 11.0 Å². The van der Waals surface area contributed by atoms with Gasteiger partial charge in [0.15, 0.2) is 4.77 Å². The Hall–Kier alpha value is -1.59. The van der Waals surface area contributed by atoms with E-state index < -0.39 is 0 Å². The monoisotopic (exact) mass is 348 g/mol. The lowest BCUT2D eigenvalue weighted by atomic mass is 10.2. The molecule has 3 rings (SSSR count). The van der Waals surface area contributed by atoms with Crippen molar-refractivity contribution in [3.05, 3.63) is 57.3 Å². The maximum atomic E-state index is 5.44. The number of methoxy groups -OCH3 is 1. The highest BCUT2D eigenvalue weighted by Crippen LogP contribution is 2.26. The molecule has 0 unspecified atom stereocenters. The van der Waals surface area contributed by atoms with E-state index in [2.05, 4.69) is 31.5 Å². The highest BCUT2D eigenvalue weighted by Gasteiger charge is 2.10. The van der Waals surface area contributed by atoms with Crippen LogP contribution in [0.2, 0.25) is 0 Å². The highest BCUT2D eigenvalue weighted by atomic mass is 79.9. The smallest absolute Gasteiger partial charge is 0.178 e. The van der Waals surface area contributed by atoms with E-state index in [1.54, 1.807) is 7.11 Å². The van der Waals surface area contributed by atoms with Gasteiger partial charge in [-0.25, -0.2) is 0 Å². The summed E-state index contributed by atoms with van der Waals surface area (Å²) < 4.78 is 9.22. The quantitative estimate of drug-likeness (QED) is 0.705. The average molecular weight is 349 g/mol. The van der Waals surface area contributed by atoms with E-state index in [0.717, 1.165) is 21.3 Å². The Morgan fingerprint density at radius 3 is 2.75 bits per heavy atom. The number of aromatic nitrogens is 2. The highest BCUT2D eigenvalue weighted by molar-refractivity contribution is 9.10. The molecule has 0 aliphatic rings. The molecule has 1 heterocycles. The summed E-state index contributed by atoms with van der Waals surface area (Å²) in [4.78, 5) is 3.22. The van der Waals surface area contributed by atoms with Gasteiger partial charge in [-0.1, -0.05) is 40.2 Å². The standard InChI is InChI=1S/C15H13BrN2OS/c1-19-13-8-4-7-12-14(13)17-15(20)18(12)9-10-5-2-3-6-11(10)16/h2-8H,9H2,1H3,(H,17,20). The number of para-hydroxylation sites is 1. The van der Waals surface area contributed by atoms with Crippen LogP contribution in [0.1, 0.15) is 5.56 Å². The number of fused-ring (bicyclic) bond motifs is 1. The SMILES string of the molecule is COc1cccc2c1[nH]c(=S)n2Cc1ccccc1Br. The second-order valence-electron chi connectivity index (χ2n) is 4.46. The molecule has 3 nitrogen and oxygen atoms in total. The predicted molar refractivity (Wildman–Crippen MR) is 86.9 cm³/mol. The summed E-state index contributed by atoms with van der Waals surface area (Å²) in [5.74, 6) is 0.805. The lowest BCUT2D eigenvalue weighted by molar-refractivity contribution is 0.419. The van der Waals surface area contributed by atoms with Gasteiger partial charge in [0.1, 0.15) is 11.3 Å². The molecule has 5 heteroatoms. The van der Waals surface area contributed by atoms with E-state index in [1.165, 1.54) is 5.56 Å². The van der Waals surface area contributed by atoms with Gasteiger partial charge in [0.05, 0.1) is 19.2 Å². The summed E-state index contributed by atoms with van der Waals surface area (Å²) in [7, 11) is 1.66. The molecule has 2 aromatic carbocycles. The van der Waals surface area contributed by atoms with Gasteiger partial charge >= 0.3 is 0 Å². The number of ether oxygens (including phenoxy) is 1. The van der Waals surface area contributed by atoms with Crippen LogP contribution in [0, 0.1) is 4.77 Å². The van der Waals surface area contributed by atoms with Crippen molar-refractivity contribution < 1.29 is 4.74 Å². The van der Waals surface area contributed by atoms with E-state index in [4.69, 9.17) is 17.0 Å². The fourth-order valence-corrected chi connectivity index (χ4v) is 2.95. The Labute approximate surface area is 130 Å². The largest absolute Gasteiger partial charge is 0.494 e. The Balaban J connectivity index is 2.15. The van der Waals surface area contributed by atoms with Gasteiger partial charge in [0.2, 0.25) is 0 Å². The lowest BCUT2D eigenvalue weighted by Crippen LogP contribution is -2.00. The molecule has 0 fully saturated rings. The van der Waals surface area contributed by atoms with E-state index in [9.17, 15) is 0 Å².